The lowest BCUT2D eigenvalue weighted by molar-refractivity contribution is -0.521. The second-order valence-corrected chi connectivity index (χ2v) is 5.66. The minimum absolute atomic E-state index is 0.276. The Bertz CT molecular complexity index is 663. The molecule has 0 bridgehead atoms. The first-order chi connectivity index (χ1) is 10.6. The van der Waals surface area contributed by atoms with Crippen LogP contribution < -0.4 is 0 Å². The monoisotopic (exact) mass is 300 g/mol. The maximum Gasteiger partial charge on any atom is 0.233 e. The number of hydrogen-bond donors (Lipinski definition) is 0. The highest BCUT2D eigenvalue weighted by molar-refractivity contribution is 5.25. The third kappa shape index (κ3) is 2.99. The maximum absolute atomic E-state index is 14.0. The van der Waals surface area contributed by atoms with Crippen LogP contribution in [0.4, 0.5) is 4.39 Å². The molecule has 2 aromatic carbocycles. The summed E-state index contributed by atoms with van der Waals surface area (Å²) in [6.45, 7) is 1.50. The molecule has 0 saturated carbocycles. The molecule has 22 heavy (non-hydrogen) atoms. The van der Waals surface area contributed by atoms with Gasteiger partial charge in [-0.15, -0.1) is 0 Å². The van der Waals surface area contributed by atoms with Crippen molar-refractivity contribution < 1.29 is 9.31 Å². The predicted octanol–water partition coefficient (Wildman–Crippen LogP) is 3.07. The van der Waals surface area contributed by atoms with E-state index in [0.29, 0.717) is 25.2 Å². The normalized spacial score (nSPS) is 21.9. The van der Waals surface area contributed by atoms with E-state index in [-0.39, 0.29) is 10.7 Å². The van der Waals surface area contributed by atoms with Gasteiger partial charge in [-0.2, -0.15) is 0 Å². The molecule has 0 radical (unpaired) electrons. The second kappa shape index (κ2) is 6.23. The number of benzene rings is 2. The van der Waals surface area contributed by atoms with Crippen molar-refractivity contribution in [3.05, 3.63) is 81.7 Å². The van der Waals surface area contributed by atoms with Crippen molar-refractivity contribution in [1.29, 1.82) is 0 Å². The van der Waals surface area contributed by atoms with Gasteiger partial charge in [0.05, 0.1) is 12.5 Å². The van der Waals surface area contributed by atoms with Gasteiger partial charge in [-0.05, 0) is 17.2 Å². The fraction of sp³-hybridized carbons (Fsp3) is 0.294. The minimum Gasteiger partial charge on any atom is -0.292 e. The fourth-order valence-electron chi connectivity index (χ4n) is 3.13. The molecule has 114 valence electrons. The van der Waals surface area contributed by atoms with E-state index >= 15 is 0 Å². The summed E-state index contributed by atoms with van der Waals surface area (Å²) in [4.78, 5) is 13.1. The zero-order valence-corrected chi connectivity index (χ0v) is 12.1. The maximum atomic E-state index is 14.0. The van der Waals surface area contributed by atoms with Crippen molar-refractivity contribution in [2.45, 2.75) is 18.5 Å². The van der Waals surface area contributed by atoms with E-state index < -0.39 is 12.0 Å². The van der Waals surface area contributed by atoms with Gasteiger partial charge in [-0.25, -0.2) is 4.39 Å². The quantitative estimate of drug-likeness (QED) is 0.644. The highest BCUT2D eigenvalue weighted by Gasteiger charge is 2.42. The molecule has 0 N–H and O–H groups in total. The lowest BCUT2D eigenvalue weighted by Gasteiger charge is -2.15. The molecule has 0 aliphatic carbocycles. The van der Waals surface area contributed by atoms with E-state index in [9.17, 15) is 14.5 Å². The summed E-state index contributed by atoms with van der Waals surface area (Å²) in [5.41, 5.74) is 1.55. The zero-order valence-electron chi connectivity index (χ0n) is 12.1. The minimum atomic E-state index is -0.763. The largest absolute Gasteiger partial charge is 0.292 e. The average Bonchev–Trinajstić information content (AvgIpc) is 2.92. The first-order valence-corrected chi connectivity index (χ1v) is 7.29. The third-order valence-corrected chi connectivity index (χ3v) is 4.19. The second-order valence-electron chi connectivity index (χ2n) is 5.66. The van der Waals surface area contributed by atoms with Gasteiger partial charge in [0.15, 0.2) is 0 Å². The molecule has 0 spiro atoms. The summed E-state index contributed by atoms with van der Waals surface area (Å²) in [5.74, 6) is -0.763. The van der Waals surface area contributed by atoms with Gasteiger partial charge in [-0.1, -0.05) is 48.5 Å². The first-order valence-electron chi connectivity index (χ1n) is 7.29. The molecule has 2 atom stereocenters. The number of hydrogen-bond acceptors (Lipinski definition) is 3. The van der Waals surface area contributed by atoms with Crippen LogP contribution in [-0.2, 0) is 6.54 Å². The molecule has 1 fully saturated rings. The van der Waals surface area contributed by atoms with E-state index in [1.54, 1.807) is 18.2 Å². The molecule has 1 aliphatic heterocycles. The van der Waals surface area contributed by atoms with Crippen LogP contribution in [0, 0.1) is 15.9 Å². The Morgan fingerprint density at radius 1 is 1.09 bits per heavy atom. The molecule has 5 heteroatoms. The van der Waals surface area contributed by atoms with E-state index in [2.05, 4.69) is 0 Å². The number of nitro groups is 1. The Morgan fingerprint density at radius 2 is 1.77 bits per heavy atom. The first kappa shape index (κ1) is 14.7. The molecule has 0 amide bonds. The summed E-state index contributed by atoms with van der Waals surface area (Å²) in [6.07, 6.45) is 0. The molecule has 1 aliphatic rings. The Hall–Kier alpha value is -2.27. The highest BCUT2D eigenvalue weighted by atomic mass is 19.1. The van der Waals surface area contributed by atoms with Crippen LogP contribution in [0.1, 0.15) is 17.0 Å². The zero-order chi connectivity index (χ0) is 15.5. The van der Waals surface area contributed by atoms with E-state index in [1.165, 1.54) is 6.07 Å². The number of halogens is 1. The summed E-state index contributed by atoms with van der Waals surface area (Å²) < 4.78 is 14.0. The van der Waals surface area contributed by atoms with Crippen molar-refractivity contribution in [3.63, 3.8) is 0 Å². The molecule has 3 rings (SSSR count). The van der Waals surface area contributed by atoms with Crippen LogP contribution in [0.2, 0.25) is 0 Å². The van der Waals surface area contributed by atoms with Crippen LogP contribution in [0.5, 0.6) is 0 Å². The molecular formula is C17H17FN2O2. The SMILES string of the molecule is O=[N+]([O-])[C@H]1CN(Cc2ccccc2)C[C@H]1c1ccccc1F. The van der Waals surface area contributed by atoms with Crippen LogP contribution in [-0.4, -0.2) is 29.0 Å². The molecule has 2 aromatic rings. The van der Waals surface area contributed by atoms with Gasteiger partial charge in [0.1, 0.15) is 5.82 Å². The Balaban J connectivity index is 1.81. The van der Waals surface area contributed by atoms with Gasteiger partial charge in [-0.3, -0.25) is 15.0 Å². The van der Waals surface area contributed by atoms with Gasteiger partial charge in [0.25, 0.3) is 0 Å². The summed E-state index contributed by atoms with van der Waals surface area (Å²) in [6, 6.07) is 15.4. The molecule has 1 heterocycles. The van der Waals surface area contributed by atoms with Crippen molar-refractivity contribution in [1.82, 2.24) is 4.90 Å². The number of likely N-dealkylation sites (tertiary alicyclic amines) is 1. The molecule has 0 unspecified atom stereocenters. The standard InChI is InChI=1S/C17H17FN2O2/c18-16-9-5-4-8-14(16)15-11-19(12-17(15)20(21)22)10-13-6-2-1-3-7-13/h1-9,15,17H,10-12H2/t15-,17-/m0/s1. The van der Waals surface area contributed by atoms with Gasteiger partial charge in [0, 0.05) is 18.0 Å². The summed E-state index contributed by atoms with van der Waals surface area (Å²) in [5, 5.41) is 11.4. The Morgan fingerprint density at radius 3 is 2.45 bits per heavy atom. The number of rotatable bonds is 4. The Labute approximate surface area is 128 Å². The molecule has 1 saturated heterocycles. The van der Waals surface area contributed by atoms with Crippen molar-refractivity contribution in [2.75, 3.05) is 13.1 Å². The number of nitrogens with zero attached hydrogens (tertiary/aromatic N) is 2. The smallest absolute Gasteiger partial charge is 0.233 e. The summed E-state index contributed by atoms with van der Waals surface area (Å²) in [7, 11) is 0. The van der Waals surface area contributed by atoms with Crippen LogP contribution in [0.25, 0.3) is 0 Å². The van der Waals surface area contributed by atoms with Crippen molar-refractivity contribution in [3.8, 4) is 0 Å². The molecule has 0 aromatic heterocycles. The lowest BCUT2D eigenvalue weighted by atomic mass is 9.94. The van der Waals surface area contributed by atoms with Crippen LogP contribution >= 0.6 is 0 Å². The topological polar surface area (TPSA) is 46.4 Å². The van der Waals surface area contributed by atoms with Gasteiger partial charge < -0.3 is 0 Å². The van der Waals surface area contributed by atoms with E-state index in [4.69, 9.17) is 0 Å². The van der Waals surface area contributed by atoms with Crippen molar-refractivity contribution >= 4 is 0 Å². The van der Waals surface area contributed by atoms with E-state index in [1.807, 2.05) is 35.2 Å². The predicted molar refractivity (Wildman–Crippen MR) is 81.6 cm³/mol. The molecule has 4 nitrogen and oxygen atoms in total. The van der Waals surface area contributed by atoms with Crippen LogP contribution in [0.3, 0.4) is 0 Å². The lowest BCUT2D eigenvalue weighted by Crippen LogP contribution is -2.28. The summed E-state index contributed by atoms with van der Waals surface area (Å²) >= 11 is 0. The van der Waals surface area contributed by atoms with Gasteiger partial charge in [0.2, 0.25) is 6.04 Å². The van der Waals surface area contributed by atoms with Crippen molar-refractivity contribution in [2.24, 2.45) is 0 Å². The fourth-order valence-corrected chi connectivity index (χ4v) is 3.13. The van der Waals surface area contributed by atoms with Gasteiger partial charge >= 0.3 is 0 Å². The average molecular weight is 300 g/mol. The Kier molecular flexibility index (Phi) is 4.15. The van der Waals surface area contributed by atoms with E-state index in [0.717, 1.165) is 5.56 Å². The third-order valence-electron chi connectivity index (χ3n) is 4.19. The molecular weight excluding hydrogens is 283 g/mol. The van der Waals surface area contributed by atoms with Crippen LogP contribution in [0.15, 0.2) is 54.6 Å². The highest BCUT2D eigenvalue weighted by Crippen LogP contribution is 2.31.